The molecular formula is C29H25NOSe. The van der Waals surface area contributed by atoms with Crippen molar-refractivity contribution in [1.82, 2.24) is 4.90 Å². The second kappa shape index (κ2) is 9.56. The first kappa shape index (κ1) is 20.8. The van der Waals surface area contributed by atoms with Crippen LogP contribution in [0.5, 0.6) is 0 Å². The number of hydrogen-bond acceptors (Lipinski definition) is 1. The van der Waals surface area contributed by atoms with Crippen LogP contribution in [0, 0.1) is 0 Å². The van der Waals surface area contributed by atoms with Crippen LogP contribution < -0.4 is 0 Å². The van der Waals surface area contributed by atoms with Crippen LogP contribution in [0.15, 0.2) is 121 Å². The summed E-state index contributed by atoms with van der Waals surface area (Å²) in [6, 6.07) is 42.2. The van der Waals surface area contributed by atoms with Gasteiger partial charge in [-0.2, -0.15) is 0 Å². The first-order chi connectivity index (χ1) is 15.8. The van der Waals surface area contributed by atoms with Gasteiger partial charge in [0, 0.05) is 0 Å². The summed E-state index contributed by atoms with van der Waals surface area (Å²) in [5, 5.41) is 0. The van der Waals surface area contributed by atoms with Gasteiger partial charge in [-0.1, -0.05) is 0 Å². The Bertz CT molecular complexity index is 1110. The molecule has 3 heteroatoms. The van der Waals surface area contributed by atoms with Crippen molar-refractivity contribution in [3.63, 3.8) is 0 Å². The molecule has 1 aliphatic rings. The summed E-state index contributed by atoms with van der Waals surface area (Å²) in [6.45, 7) is 0.660. The summed E-state index contributed by atoms with van der Waals surface area (Å²) in [6.07, 6.45) is 0. The fourth-order valence-corrected chi connectivity index (χ4v) is 7.78. The SMILES string of the molecule is O=C1[C@H]([Se]C(c2ccccc2)c2ccccc2)[C@@H](c2ccccc2)N1Cc1ccccc1. The summed E-state index contributed by atoms with van der Waals surface area (Å²) in [5.41, 5.74) is 4.99. The molecule has 1 fully saturated rings. The molecule has 1 aliphatic heterocycles. The Kier molecular flexibility index (Phi) is 6.20. The molecule has 0 aliphatic carbocycles. The molecule has 0 aromatic heterocycles. The normalized spacial score (nSPS) is 17.9. The molecule has 1 amide bonds. The number of rotatable bonds is 7. The van der Waals surface area contributed by atoms with E-state index < -0.39 is 0 Å². The zero-order valence-corrected chi connectivity index (χ0v) is 19.5. The fraction of sp³-hybridized carbons (Fsp3) is 0.138. The molecule has 0 spiro atoms. The predicted molar refractivity (Wildman–Crippen MR) is 130 cm³/mol. The Labute approximate surface area is 196 Å². The van der Waals surface area contributed by atoms with Gasteiger partial charge in [0.15, 0.2) is 0 Å². The zero-order valence-electron chi connectivity index (χ0n) is 17.7. The summed E-state index contributed by atoms with van der Waals surface area (Å²) in [5.74, 6) is 0.277. The van der Waals surface area contributed by atoms with Gasteiger partial charge in [-0.25, -0.2) is 0 Å². The molecule has 0 N–H and O–H groups in total. The maximum absolute atomic E-state index is 13.5. The topological polar surface area (TPSA) is 20.3 Å². The minimum atomic E-state index is 0.0269. The van der Waals surface area contributed by atoms with Crippen LogP contribution in [0.3, 0.4) is 0 Å². The number of likely N-dealkylation sites (tertiary alicyclic amines) is 1. The molecule has 0 bridgehead atoms. The summed E-state index contributed by atoms with van der Waals surface area (Å²) in [4.78, 5) is 15.8. The van der Waals surface area contributed by atoms with E-state index in [4.69, 9.17) is 0 Å². The van der Waals surface area contributed by atoms with Crippen molar-refractivity contribution in [2.45, 2.75) is 22.2 Å². The van der Waals surface area contributed by atoms with Crippen molar-refractivity contribution in [3.05, 3.63) is 144 Å². The van der Waals surface area contributed by atoms with Crippen molar-refractivity contribution in [3.8, 4) is 0 Å². The van der Waals surface area contributed by atoms with Crippen LogP contribution in [-0.2, 0) is 11.3 Å². The van der Waals surface area contributed by atoms with E-state index in [0.29, 0.717) is 6.54 Å². The number of hydrogen-bond donors (Lipinski definition) is 0. The third-order valence-electron chi connectivity index (χ3n) is 5.97. The van der Waals surface area contributed by atoms with Gasteiger partial charge in [-0.3, -0.25) is 0 Å². The third-order valence-corrected chi connectivity index (χ3v) is 9.27. The summed E-state index contributed by atoms with van der Waals surface area (Å²) < 4.78 is 0. The van der Waals surface area contributed by atoms with E-state index in [1.807, 2.05) is 24.3 Å². The van der Waals surface area contributed by atoms with Gasteiger partial charge in [-0.05, 0) is 0 Å². The molecule has 32 heavy (non-hydrogen) atoms. The molecule has 0 radical (unpaired) electrons. The average molecular weight is 482 g/mol. The van der Waals surface area contributed by atoms with Crippen LogP contribution in [0.4, 0.5) is 0 Å². The monoisotopic (exact) mass is 483 g/mol. The molecule has 0 saturated carbocycles. The van der Waals surface area contributed by atoms with E-state index in [1.54, 1.807) is 0 Å². The molecule has 2 nitrogen and oxygen atoms in total. The number of amides is 1. The Morgan fingerprint density at radius 3 is 1.66 bits per heavy atom. The minimum absolute atomic E-state index is 0.0269. The number of carbonyl (C=O) groups is 1. The van der Waals surface area contributed by atoms with Gasteiger partial charge in [-0.15, -0.1) is 0 Å². The van der Waals surface area contributed by atoms with E-state index in [2.05, 4.69) is 102 Å². The molecule has 158 valence electrons. The number of β-lactam (4-membered cyclic amide) rings is 1. The molecule has 0 unspecified atom stereocenters. The summed E-state index contributed by atoms with van der Waals surface area (Å²) >= 11 is 0.0769. The first-order valence-corrected chi connectivity index (χ1v) is 12.9. The van der Waals surface area contributed by atoms with E-state index in [1.165, 1.54) is 22.3 Å². The van der Waals surface area contributed by atoms with E-state index in [-0.39, 0.29) is 36.5 Å². The number of carbonyl (C=O) groups excluding carboxylic acids is 1. The maximum atomic E-state index is 13.5. The Balaban J connectivity index is 1.47. The van der Waals surface area contributed by atoms with Crippen LogP contribution in [0.25, 0.3) is 0 Å². The molecule has 1 heterocycles. The predicted octanol–water partition coefficient (Wildman–Crippen LogP) is 6.05. The Morgan fingerprint density at radius 2 is 1.12 bits per heavy atom. The van der Waals surface area contributed by atoms with Gasteiger partial charge < -0.3 is 0 Å². The van der Waals surface area contributed by atoms with Crippen molar-refractivity contribution in [1.29, 1.82) is 0 Å². The molecular weight excluding hydrogens is 457 g/mol. The molecule has 1 saturated heterocycles. The van der Waals surface area contributed by atoms with Crippen molar-refractivity contribution in [2.24, 2.45) is 0 Å². The quantitative estimate of drug-likeness (QED) is 0.232. The second-order valence-electron chi connectivity index (χ2n) is 8.07. The number of benzene rings is 4. The first-order valence-electron chi connectivity index (χ1n) is 11.0. The average Bonchev–Trinajstić information content (AvgIpc) is 2.87. The van der Waals surface area contributed by atoms with Crippen molar-refractivity contribution in [2.75, 3.05) is 0 Å². The van der Waals surface area contributed by atoms with Crippen LogP contribution >= 0.6 is 0 Å². The van der Waals surface area contributed by atoms with E-state index >= 15 is 0 Å². The van der Waals surface area contributed by atoms with Gasteiger partial charge >= 0.3 is 196 Å². The van der Waals surface area contributed by atoms with Gasteiger partial charge in [0.2, 0.25) is 0 Å². The van der Waals surface area contributed by atoms with Crippen LogP contribution in [-0.4, -0.2) is 25.8 Å². The number of nitrogens with zero attached hydrogens (tertiary/aromatic N) is 1. The standard InChI is InChI=1S/C29H25NOSe/c31-29-28(32-27(24-17-9-3-10-18-24)25-19-11-4-12-20-25)26(23-15-7-2-8-16-23)30(29)21-22-13-5-1-6-14-22/h1-20,26-28H,21H2/t26-,28-/m1/s1. The summed E-state index contributed by atoms with van der Waals surface area (Å²) in [7, 11) is 0. The molecule has 4 aromatic carbocycles. The van der Waals surface area contributed by atoms with Gasteiger partial charge in [0.05, 0.1) is 0 Å². The Hall–Kier alpha value is -3.13. The second-order valence-corrected chi connectivity index (χ2v) is 10.7. The fourth-order valence-electron chi connectivity index (χ4n) is 4.36. The zero-order chi connectivity index (χ0) is 21.8. The van der Waals surface area contributed by atoms with E-state index in [9.17, 15) is 4.79 Å². The van der Waals surface area contributed by atoms with Gasteiger partial charge in [0.1, 0.15) is 0 Å². The van der Waals surface area contributed by atoms with Crippen LogP contribution in [0.1, 0.15) is 33.1 Å². The van der Waals surface area contributed by atoms with Crippen molar-refractivity contribution < 1.29 is 4.79 Å². The van der Waals surface area contributed by atoms with Crippen LogP contribution in [0.2, 0.25) is 4.82 Å². The van der Waals surface area contributed by atoms with Gasteiger partial charge in [0.25, 0.3) is 0 Å². The molecule has 5 rings (SSSR count). The van der Waals surface area contributed by atoms with E-state index in [0.717, 1.165) is 0 Å². The van der Waals surface area contributed by atoms with Crippen molar-refractivity contribution >= 4 is 20.9 Å². The molecule has 4 aromatic rings. The third kappa shape index (κ3) is 4.27. The Morgan fingerprint density at radius 1 is 0.656 bits per heavy atom. The molecule has 2 atom stereocenters.